The van der Waals surface area contributed by atoms with E-state index >= 15 is 0 Å². The van der Waals surface area contributed by atoms with Gasteiger partial charge < -0.3 is 15.2 Å². The van der Waals surface area contributed by atoms with E-state index in [4.69, 9.17) is 4.74 Å². The van der Waals surface area contributed by atoms with Crippen molar-refractivity contribution in [2.75, 3.05) is 13.2 Å². The molecule has 3 unspecified atom stereocenters. The van der Waals surface area contributed by atoms with Crippen molar-refractivity contribution in [2.45, 2.75) is 37.8 Å². The number of aliphatic hydroxyl groups excluding tert-OH is 1. The fraction of sp³-hybridized carbons (Fsp3) is 0.588. The Balaban J connectivity index is 1.46. The fourth-order valence-electron chi connectivity index (χ4n) is 4.05. The Morgan fingerprint density at radius 1 is 1.29 bits per heavy atom. The topological polar surface area (TPSA) is 58.6 Å². The second kappa shape index (κ2) is 4.82. The van der Waals surface area contributed by atoms with Crippen LogP contribution < -0.4 is 5.32 Å². The van der Waals surface area contributed by atoms with E-state index in [2.05, 4.69) is 5.32 Å². The summed E-state index contributed by atoms with van der Waals surface area (Å²) in [6.45, 7) is 1.55. The van der Waals surface area contributed by atoms with Crippen molar-refractivity contribution in [2.24, 2.45) is 11.3 Å². The third-order valence-corrected chi connectivity index (χ3v) is 5.50. The Kier molecular flexibility index (Phi) is 3.05. The molecule has 2 aliphatic carbocycles. The molecule has 2 fully saturated rings. The van der Waals surface area contributed by atoms with Gasteiger partial charge in [-0.05, 0) is 35.8 Å². The first-order valence-corrected chi connectivity index (χ1v) is 7.84. The minimum atomic E-state index is -0.504. The number of fused-ring (bicyclic) bond motifs is 1. The van der Waals surface area contributed by atoms with Crippen molar-refractivity contribution in [3.05, 3.63) is 35.4 Å². The molecule has 0 bridgehead atoms. The number of amides is 1. The Bertz CT molecular complexity index is 565. The Morgan fingerprint density at radius 2 is 2.05 bits per heavy atom. The van der Waals surface area contributed by atoms with E-state index in [0.717, 1.165) is 43.6 Å². The first-order valence-electron chi connectivity index (χ1n) is 7.84. The normalized spacial score (nSPS) is 32.7. The maximum atomic E-state index is 12.5. The number of carbonyl (C=O) groups is 1. The van der Waals surface area contributed by atoms with Crippen LogP contribution in [0.2, 0.25) is 0 Å². The molecular formula is C17H21NO3. The zero-order valence-corrected chi connectivity index (χ0v) is 12.0. The van der Waals surface area contributed by atoms with Gasteiger partial charge in [0.2, 0.25) is 5.91 Å². The van der Waals surface area contributed by atoms with E-state index < -0.39 is 6.10 Å². The summed E-state index contributed by atoms with van der Waals surface area (Å²) in [6.07, 6.45) is 3.09. The molecule has 112 valence electrons. The van der Waals surface area contributed by atoms with Crippen LogP contribution in [0.1, 0.15) is 36.4 Å². The number of carbonyl (C=O) groups excluding carboxylic acids is 1. The van der Waals surface area contributed by atoms with Crippen molar-refractivity contribution in [3.63, 3.8) is 0 Å². The molecule has 1 heterocycles. The molecule has 1 aromatic rings. The van der Waals surface area contributed by atoms with Crippen LogP contribution in [0.15, 0.2) is 24.3 Å². The summed E-state index contributed by atoms with van der Waals surface area (Å²) in [5, 5.41) is 13.3. The van der Waals surface area contributed by atoms with Gasteiger partial charge in [-0.1, -0.05) is 24.3 Å². The molecule has 0 aromatic heterocycles. The molecule has 1 aromatic carbocycles. The number of hydrogen-bond donors (Lipinski definition) is 2. The highest BCUT2D eigenvalue weighted by atomic mass is 16.5. The predicted molar refractivity (Wildman–Crippen MR) is 77.6 cm³/mol. The van der Waals surface area contributed by atoms with Crippen LogP contribution in [0.5, 0.6) is 0 Å². The van der Waals surface area contributed by atoms with Crippen LogP contribution in [0.3, 0.4) is 0 Å². The molecule has 4 nitrogen and oxygen atoms in total. The van der Waals surface area contributed by atoms with Crippen molar-refractivity contribution >= 4 is 5.91 Å². The largest absolute Gasteiger partial charge is 0.390 e. The lowest BCUT2D eigenvalue weighted by molar-refractivity contribution is -0.125. The molecule has 1 saturated carbocycles. The zero-order valence-electron chi connectivity index (χ0n) is 12.0. The quantitative estimate of drug-likeness (QED) is 0.868. The van der Waals surface area contributed by atoms with E-state index in [1.165, 1.54) is 0 Å². The highest BCUT2D eigenvalue weighted by molar-refractivity contribution is 5.83. The van der Waals surface area contributed by atoms with Crippen LogP contribution in [-0.4, -0.2) is 30.3 Å². The summed E-state index contributed by atoms with van der Waals surface area (Å²) in [5.41, 5.74) is 2.40. The van der Waals surface area contributed by atoms with Gasteiger partial charge >= 0.3 is 0 Å². The number of rotatable bonds is 2. The van der Waals surface area contributed by atoms with Crippen LogP contribution in [-0.2, 0) is 16.0 Å². The molecule has 1 amide bonds. The summed E-state index contributed by atoms with van der Waals surface area (Å²) in [7, 11) is 0. The predicted octanol–water partition coefficient (Wildman–Crippen LogP) is 1.58. The second-order valence-electron chi connectivity index (χ2n) is 6.69. The molecule has 4 rings (SSSR count). The SMILES string of the molecule is O=C(NC1c2ccccc2CC1O)C1CC12CCOCC2. The minimum absolute atomic E-state index is 0.109. The maximum absolute atomic E-state index is 12.5. The summed E-state index contributed by atoms with van der Waals surface area (Å²) < 4.78 is 5.40. The lowest BCUT2D eigenvalue weighted by Gasteiger charge is -2.24. The summed E-state index contributed by atoms with van der Waals surface area (Å²) in [5.74, 6) is 0.221. The van der Waals surface area contributed by atoms with Gasteiger partial charge in [-0.15, -0.1) is 0 Å². The first kappa shape index (κ1) is 13.3. The third-order valence-electron chi connectivity index (χ3n) is 5.50. The number of hydrogen-bond acceptors (Lipinski definition) is 3. The molecule has 1 saturated heterocycles. The molecule has 4 heteroatoms. The van der Waals surface area contributed by atoms with Crippen molar-refractivity contribution < 1.29 is 14.6 Å². The lowest BCUT2D eigenvalue weighted by atomic mass is 9.93. The average molecular weight is 287 g/mol. The molecule has 21 heavy (non-hydrogen) atoms. The van der Waals surface area contributed by atoms with E-state index in [-0.39, 0.29) is 23.3 Å². The minimum Gasteiger partial charge on any atom is -0.390 e. The molecule has 0 radical (unpaired) electrons. The highest BCUT2D eigenvalue weighted by Gasteiger charge is 2.58. The van der Waals surface area contributed by atoms with E-state index in [0.29, 0.717) is 6.42 Å². The van der Waals surface area contributed by atoms with Gasteiger partial charge in [-0.2, -0.15) is 0 Å². The number of nitrogens with one attached hydrogen (secondary N) is 1. The van der Waals surface area contributed by atoms with Crippen LogP contribution in [0.4, 0.5) is 0 Å². The smallest absolute Gasteiger partial charge is 0.224 e. The number of aliphatic hydroxyl groups is 1. The van der Waals surface area contributed by atoms with Crippen molar-refractivity contribution in [3.8, 4) is 0 Å². The number of benzene rings is 1. The van der Waals surface area contributed by atoms with Crippen LogP contribution >= 0.6 is 0 Å². The molecule has 1 spiro atoms. The highest BCUT2D eigenvalue weighted by Crippen LogP contribution is 2.59. The molecule has 1 aliphatic heterocycles. The summed E-state index contributed by atoms with van der Waals surface area (Å²) >= 11 is 0. The van der Waals surface area contributed by atoms with E-state index in [1.54, 1.807) is 0 Å². The first-order chi connectivity index (χ1) is 10.2. The fourth-order valence-corrected chi connectivity index (χ4v) is 4.05. The summed E-state index contributed by atoms with van der Waals surface area (Å²) in [6, 6.07) is 7.74. The van der Waals surface area contributed by atoms with Crippen molar-refractivity contribution in [1.82, 2.24) is 5.32 Å². The number of ether oxygens (including phenoxy) is 1. The van der Waals surface area contributed by atoms with Gasteiger partial charge in [0.15, 0.2) is 0 Å². The Morgan fingerprint density at radius 3 is 2.86 bits per heavy atom. The molecule has 2 N–H and O–H groups in total. The second-order valence-corrected chi connectivity index (χ2v) is 6.69. The monoisotopic (exact) mass is 287 g/mol. The lowest BCUT2D eigenvalue weighted by Crippen LogP contribution is -2.36. The average Bonchev–Trinajstić information content (AvgIpc) is 3.09. The zero-order chi connectivity index (χ0) is 14.4. The molecule has 3 atom stereocenters. The summed E-state index contributed by atoms with van der Waals surface area (Å²) in [4.78, 5) is 12.5. The van der Waals surface area contributed by atoms with Gasteiger partial charge in [-0.3, -0.25) is 4.79 Å². The van der Waals surface area contributed by atoms with Gasteiger partial charge in [0, 0.05) is 25.6 Å². The van der Waals surface area contributed by atoms with Gasteiger partial charge in [0.25, 0.3) is 0 Å². The van der Waals surface area contributed by atoms with E-state index in [9.17, 15) is 9.90 Å². The van der Waals surface area contributed by atoms with Gasteiger partial charge in [-0.25, -0.2) is 0 Å². The molecule has 3 aliphatic rings. The standard InChI is InChI=1S/C17H21NO3/c19-14-9-11-3-1-2-4-12(11)15(14)18-16(20)13-10-17(13)5-7-21-8-6-17/h1-4,13-15,19H,5-10H2,(H,18,20). The van der Waals surface area contributed by atoms with Gasteiger partial charge in [0.05, 0.1) is 12.1 Å². The molecular weight excluding hydrogens is 266 g/mol. The van der Waals surface area contributed by atoms with Gasteiger partial charge in [0.1, 0.15) is 0 Å². The van der Waals surface area contributed by atoms with E-state index in [1.807, 2.05) is 24.3 Å². The van der Waals surface area contributed by atoms with Crippen LogP contribution in [0, 0.1) is 11.3 Å². The maximum Gasteiger partial charge on any atom is 0.224 e. The Labute approximate surface area is 124 Å². The van der Waals surface area contributed by atoms with Crippen molar-refractivity contribution in [1.29, 1.82) is 0 Å². The Hall–Kier alpha value is -1.39. The van der Waals surface area contributed by atoms with Crippen LogP contribution in [0.25, 0.3) is 0 Å². The third kappa shape index (κ3) is 2.17.